The first kappa shape index (κ1) is 6.75. The fourth-order valence-corrected chi connectivity index (χ4v) is 0.927. The monoisotopic (exact) mass is 126 g/mol. The largest absolute Gasteiger partial charge is 0.316 e. The highest BCUT2D eigenvalue weighted by atomic mass is 14.9. The molecule has 0 saturated heterocycles. The topological polar surface area (TPSA) is 24.4 Å². The molecule has 0 aromatic heterocycles. The van der Waals surface area contributed by atoms with Crippen molar-refractivity contribution in [3.8, 4) is 0 Å². The minimum Gasteiger partial charge on any atom is -0.316 e. The molecule has 9 heavy (non-hydrogen) atoms. The third-order valence-electron chi connectivity index (χ3n) is 1.47. The van der Waals surface area contributed by atoms with Crippen LogP contribution >= 0.6 is 0 Å². The Bertz CT molecular complexity index is 78.9. The molecular weight excluding hydrogens is 112 g/mol. The van der Waals surface area contributed by atoms with E-state index < -0.39 is 0 Å². The van der Waals surface area contributed by atoms with Gasteiger partial charge in [0.2, 0.25) is 0 Å². The predicted molar refractivity (Wildman–Crippen MR) is 40.1 cm³/mol. The van der Waals surface area contributed by atoms with E-state index in [-0.39, 0.29) is 0 Å². The van der Waals surface area contributed by atoms with E-state index in [2.05, 4.69) is 10.3 Å². The molecule has 0 aromatic rings. The summed E-state index contributed by atoms with van der Waals surface area (Å²) in [5.74, 6) is 0. The van der Waals surface area contributed by atoms with E-state index in [1.54, 1.807) is 0 Å². The van der Waals surface area contributed by atoms with Gasteiger partial charge in [-0.1, -0.05) is 0 Å². The molecule has 0 atom stereocenters. The van der Waals surface area contributed by atoms with Crippen molar-refractivity contribution in [2.75, 3.05) is 19.6 Å². The fourth-order valence-electron chi connectivity index (χ4n) is 0.927. The van der Waals surface area contributed by atoms with E-state index in [1.165, 1.54) is 19.4 Å². The van der Waals surface area contributed by atoms with E-state index in [9.17, 15) is 0 Å². The van der Waals surface area contributed by atoms with Crippen molar-refractivity contribution in [3.63, 3.8) is 0 Å². The third kappa shape index (κ3) is 3.25. The summed E-state index contributed by atoms with van der Waals surface area (Å²) in [6.45, 7) is 3.30. The molecule has 2 heteroatoms. The Labute approximate surface area is 56.4 Å². The molecule has 0 amide bonds. The van der Waals surface area contributed by atoms with Crippen LogP contribution in [0.3, 0.4) is 0 Å². The SMILES string of the molecule is C1=NCCCCNCC1. The van der Waals surface area contributed by atoms with Crippen LogP contribution in [0.15, 0.2) is 4.99 Å². The van der Waals surface area contributed by atoms with Crippen LogP contribution in [0.4, 0.5) is 0 Å². The molecular formula is C7H14N2. The zero-order valence-corrected chi connectivity index (χ0v) is 5.77. The molecule has 0 fully saturated rings. The van der Waals surface area contributed by atoms with Crippen LogP contribution in [-0.4, -0.2) is 25.8 Å². The lowest BCUT2D eigenvalue weighted by Gasteiger charge is -1.97. The highest BCUT2D eigenvalue weighted by Gasteiger charge is 1.89. The molecule has 1 heterocycles. The van der Waals surface area contributed by atoms with Crippen LogP contribution in [0, 0.1) is 0 Å². The van der Waals surface area contributed by atoms with Gasteiger partial charge < -0.3 is 5.32 Å². The number of hydrogen-bond donors (Lipinski definition) is 1. The zero-order valence-electron chi connectivity index (χ0n) is 5.77. The Balaban J connectivity index is 2.15. The summed E-state index contributed by atoms with van der Waals surface area (Å²) in [5.41, 5.74) is 0. The lowest BCUT2D eigenvalue weighted by atomic mass is 10.3. The van der Waals surface area contributed by atoms with Gasteiger partial charge in [0, 0.05) is 13.1 Å². The summed E-state index contributed by atoms with van der Waals surface area (Å²) < 4.78 is 0. The summed E-state index contributed by atoms with van der Waals surface area (Å²) in [4.78, 5) is 4.23. The quantitative estimate of drug-likeness (QED) is 0.511. The van der Waals surface area contributed by atoms with Gasteiger partial charge >= 0.3 is 0 Å². The van der Waals surface area contributed by atoms with E-state index >= 15 is 0 Å². The summed E-state index contributed by atoms with van der Waals surface area (Å²) in [5, 5.41) is 3.34. The summed E-state index contributed by atoms with van der Waals surface area (Å²) >= 11 is 0. The molecule has 52 valence electrons. The number of nitrogens with zero attached hydrogens (tertiary/aromatic N) is 1. The first-order valence-corrected chi connectivity index (χ1v) is 3.69. The summed E-state index contributed by atoms with van der Waals surface area (Å²) in [6.07, 6.45) is 5.64. The summed E-state index contributed by atoms with van der Waals surface area (Å²) in [6, 6.07) is 0. The molecule has 2 nitrogen and oxygen atoms in total. The smallest absolute Gasteiger partial charge is 0.0385 e. The van der Waals surface area contributed by atoms with Crippen LogP contribution < -0.4 is 5.32 Å². The van der Waals surface area contributed by atoms with Crippen LogP contribution in [0.2, 0.25) is 0 Å². The van der Waals surface area contributed by atoms with Gasteiger partial charge in [-0.3, -0.25) is 4.99 Å². The summed E-state index contributed by atoms with van der Waals surface area (Å²) in [7, 11) is 0. The maximum atomic E-state index is 4.23. The highest BCUT2D eigenvalue weighted by Crippen LogP contribution is 1.89. The first-order chi connectivity index (χ1) is 4.50. The second-order valence-electron chi connectivity index (χ2n) is 2.33. The molecule has 0 aromatic carbocycles. The normalized spacial score (nSPS) is 22.2. The predicted octanol–water partition coefficient (Wildman–Crippen LogP) is 0.831. The van der Waals surface area contributed by atoms with Gasteiger partial charge in [-0.15, -0.1) is 0 Å². The standard InChI is InChI=1S/C7H14N2/c1-2-5-9-7-3-6-8-4-1/h6,9H,1-5,7H2. The Hall–Kier alpha value is -0.370. The molecule has 0 aliphatic carbocycles. The molecule has 1 rings (SSSR count). The molecule has 1 aliphatic heterocycles. The van der Waals surface area contributed by atoms with Gasteiger partial charge in [0.15, 0.2) is 0 Å². The van der Waals surface area contributed by atoms with Crippen LogP contribution in [0.1, 0.15) is 19.3 Å². The van der Waals surface area contributed by atoms with Crippen molar-refractivity contribution in [2.45, 2.75) is 19.3 Å². The van der Waals surface area contributed by atoms with E-state index in [0.717, 1.165) is 19.5 Å². The van der Waals surface area contributed by atoms with Gasteiger partial charge in [-0.25, -0.2) is 0 Å². The molecule has 1 N–H and O–H groups in total. The van der Waals surface area contributed by atoms with E-state index in [0.29, 0.717) is 0 Å². The zero-order chi connectivity index (χ0) is 6.36. The molecule has 0 unspecified atom stereocenters. The molecule has 1 aliphatic rings. The Morgan fingerprint density at radius 3 is 3.22 bits per heavy atom. The number of nitrogens with one attached hydrogen (secondary N) is 1. The Morgan fingerprint density at radius 2 is 2.22 bits per heavy atom. The van der Waals surface area contributed by atoms with Crippen molar-refractivity contribution >= 4 is 6.21 Å². The fraction of sp³-hybridized carbons (Fsp3) is 0.857. The minimum absolute atomic E-state index is 1.03. The lowest BCUT2D eigenvalue weighted by Crippen LogP contribution is -2.16. The van der Waals surface area contributed by atoms with Crippen molar-refractivity contribution in [1.29, 1.82) is 0 Å². The van der Waals surface area contributed by atoms with Crippen molar-refractivity contribution in [1.82, 2.24) is 5.32 Å². The second-order valence-corrected chi connectivity index (χ2v) is 2.33. The molecule has 0 saturated carbocycles. The van der Waals surface area contributed by atoms with E-state index in [1.807, 2.05) is 6.21 Å². The van der Waals surface area contributed by atoms with Gasteiger partial charge in [0.25, 0.3) is 0 Å². The molecule has 0 bridgehead atoms. The first-order valence-electron chi connectivity index (χ1n) is 3.69. The van der Waals surface area contributed by atoms with Crippen LogP contribution in [0.5, 0.6) is 0 Å². The second kappa shape index (κ2) is 4.50. The highest BCUT2D eigenvalue weighted by molar-refractivity contribution is 5.57. The maximum Gasteiger partial charge on any atom is 0.0385 e. The lowest BCUT2D eigenvalue weighted by molar-refractivity contribution is 0.647. The van der Waals surface area contributed by atoms with Gasteiger partial charge in [0.05, 0.1) is 0 Å². The Morgan fingerprint density at radius 1 is 1.22 bits per heavy atom. The number of hydrogen-bond acceptors (Lipinski definition) is 2. The average Bonchev–Trinajstić information content (AvgIpc) is 2.00. The van der Waals surface area contributed by atoms with Gasteiger partial charge in [-0.2, -0.15) is 0 Å². The van der Waals surface area contributed by atoms with Crippen molar-refractivity contribution < 1.29 is 0 Å². The number of rotatable bonds is 0. The average molecular weight is 126 g/mol. The minimum atomic E-state index is 1.03. The van der Waals surface area contributed by atoms with Gasteiger partial charge in [-0.05, 0) is 32.0 Å². The van der Waals surface area contributed by atoms with E-state index in [4.69, 9.17) is 0 Å². The van der Waals surface area contributed by atoms with Crippen molar-refractivity contribution in [3.05, 3.63) is 0 Å². The molecule has 0 spiro atoms. The van der Waals surface area contributed by atoms with Crippen molar-refractivity contribution in [2.24, 2.45) is 4.99 Å². The third-order valence-corrected chi connectivity index (χ3v) is 1.47. The van der Waals surface area contributed by atoms with Crippen LogP contribution in [-0.2, 0) is 0 Å². The molecule has 0 radical (unpaired) electrons. The Kier molecular flexibility index (Phi) is 3.38. The maximum absolute atomic E-state index is 4.23. The van der Waals surface area contributed by atoms with Crippen LogP contribution in [0.25, 0.3) is 0 Å². The van der Waals surface area contributed by atoms with Gasteiger partial charge in [0.1, 0.15) is 0 Å². The number of aliphatic imine (C=N–C) groups is 1.